The van der Waals surface area contributed by atoms with Crippen LogP contribution in [0.1, 0.15) is 27.0 Å². The minimum atomic E-state index is -0.207. The van der Waals surface area contributed by atoms with Gasteiger partial charge in [-0.15, -0.1) is 0 Å². The first-order valence-electron chi connectivity index (χ1n) is 14.3. The minimum absolute atomic E-state index is 0.207. The van der Waals surface area contributed by atoms with Crippen LogP contribution in [0.3, 0.4) is 0 Å². The van der Waals surface area contributed by atoms with Crippen molar-refractivity contribution in [3.05, 3.63) is 94.3 Å². The van der Waals surface area contributed by atoms with Gasteiger partial charge < -0.3 is 19.5 Å². The van der Waals surface area contributed by atoms with E-state index in [1.807, 2.05) is 54.9 Å². The molecule has 5 aromatic rings. The highest BCUT2D eigenvalue weighted by molar-refractivity contribution is 6.30. The number of benzene rings is 3. The van der Waals surface area contributed by atoms with Crippen LogP contribution in [0.5, 0.6) is 11.6 Å². The number of rotatable bonds is 7. The predicted octanol–water partition coefficient (Wildman–Crippen LogP) is 6.09. The average molecular weight is 596 g/mol. The van der Waals surface area contributed by atoms with Crippen LogP contribution in [0.4, 0.5) is 5.69 Å². The molecule has 0 atom stereocenters. The monoisotopic (exact) mass is 595 g/mol. The molecule has 1 aliphatic heterocycles. The van der Waals surface area contributed by atoms with E-state index in [9.17, 15) is 4.79 Å². The molecule has 1 amide bonds. The fourth-order valence-corrected chi connectivity index (χ4v) is 5.32. The van der Waals surface area contributed by atoms with E-state index in [1.165, 1.54) is 5.56 Å². The Labute approximate surface area is 256 Å². The number of likely N-dealkylation sites (N-methyl/N-ethyl adjacent to an activating group) is 1. The van der Waals surface area contributed by atoms with Crippen LogP contribution in [0, 0.1) is 13.8 Å². The van der Waals surface area contributed by atoms with Gasteiger partial charge in [0.25, 0.3) is 11.8 Å². The fraction of sp³-hybridized carbons (Fsp3) is 0.273. The third kappa shape index (κ3) is 6.39. The number of nitrogens with zero attached hydrogens (tertiary/aromatic N) is 6. The maximum atomic E-state index is 13.4. The van der Waals surface area contributed by atoms with Gasteiger partial charge in [-0.2, -0.15) is 4.98 Å². The van der Waals surface area contributed by atoms with Crippen molar-refractivity contribution in [3.8, 4) is 23.0 Å². The summed E-state index contributed by atoms with van der Waals surface area (Å²) in [5, 5.41) is 3.70. The van der Waals surface area contributed by atoms with E-state index < -0.39 is 0 Å². The van der Waals surface area contributed by atoms with Crippen LogP contribution in [0.25, 0.3) is 22.6 Å². The Morgan fingerprint density at radius 3 is 2.44 bits per heavy atom. The summed E-state index contributed by atoms with van der Waals surface area (Å²) in [6.07, 6.45) is 1.67. The van der Waals surface area contributed by atoms with Crippen molar-refractivity contribution in [2.24, 2.45) is 7.05 Å². The summed E-state index contributed by atoms with van der Waals surface area (Å²) in [6.45, 7) is 9.22. The number of hydrogen-bond donors (Lipinski definition) is 1. The van der Waals surface area contributed by atoms with Gasteiger partial charge in [0.2, 0.25) is 0 Å². The van der Waals surface area contributed by atoms with Gasteiger partial charge in [0.15, 0.2) is 17.0 Å². The van der Waals surface area contributed by atoms with Crippen molar-refractivity contribution in [2.75, 3.05) is 38.5 Å². The topological polar surface area (TPSA) is 88.4 Å². The Hall–Kier alpha value is -4.31. The number of amides is 1. The summed E-state index contributed by atoms with van der Waals surface area (Å²) in [4.78, 5) is 32.1. The van der Waals surface area contributed by atoms with Gasteiger partial charge in [-0.1, -0.05) is 23.7 Å². The molecule has 3 aromatic carbocycles. The first-order valence-corrected chi connectivity index (χ1v) is 14.7. The molecule has 0 saturated carbocycles. The summed E-state index contributed by atoms with van der Waals surface area (Å²) in [7, 11) is 4.03. The Morgan fingerprint density at radius 2 is 1.70 bits per heavy atom. The summed E-state index contributed by atoms with van der Waals surface area (Å²) >= 11 is 6.08. The molecular weight excluding hydrogens is 562 g/mol. The number of aryl methyl sites for hydroxylation is 3. The highest BCUT2D eigenvalue weighted by Gasteiger charge is 2.18. The standard InChI is InChI=1S/C33H34ClN7O2/c1-21-5-12-27(43-33-29-31(40(4)20-35-29)37-30(38-33)23-6-9-25(34)10-7-23)18-28(21)32(42)36-26-11-8-24(22(2)17-26)19-41-15-13-39(3)14-16-41/h5-12,17-18,20H,13-16,19H2,1-4H3,(H,36,42). The zero-order chi connectivity index (χ0) is 30.1. The lowest BCUT2D eigenvalue weighted by Gasteiger charge is -2.32. The van der Waals surface area contributed by atoms with Crippen molar-refractivity contribution in [1.82, 2.24) is 29.3 Å². The molecule has 10 heteroatoms. The van der Waals surface area contributed by atoms with E-state index in [-0.39, 0.29) is 5.91 Å². The third-order valence-corrected chi connectivity index (χ3v) is 8.14. The average Bonchev–Trinajstić information content (AvgIpc) is 3.37. The summed E-state index contributed by atoms with van der Waals surface area (Å²) < 4.78 is 8.08. The van der Waals surface area contributed by atoms with Crippen LogP contribution >= 0.6 is 11.6 Å². The molecule has 2 aromatic heterocycles. The predicted molar refractivity (Wildman–Crippen MR) is 170 cm³/mol. The summed E-state index contributed by atoms with van der Waals surface area (Å²) in [5.74, 6) is 1.06. The zero-order valence-electron chi connectivity index (χ0n) is 24.8. The van der Waals surface area contributed by atoms with Gasteiger partial charge in [0.05, 0.1) is 6.33 Å². The molecule has 6 rings (SSSR count). The van der Waals surface area contributed by atoms with E-state index in [0.717, 1.165) is 55.1 Å². The smallest absolute Gasteiger partial charge is 0.256 e. The molecule has 0 radical (unpaired) electrons. The first kappa shape index (κ1) is 28.8. The second-order valence-electron chi connectivity index (χ2n) is 11.1. The molecule has 1 N–H and O–H groups in total. The third-order valence-electron chi connectivity index (χ3n) is 7.89. The highest BCUT2D eigenvalue weighted by atomic mass is 35.5. The normalized spacial score (nSPS) is 14.3. The number of aromatic nitrogens is 4. The van der Waals surface area contributed by atoms with E-state index in [2.05, 4.69) is 45.1 Å². The van der Waals surface area contributed by atoms with Crippen LogP contribution in [0.2, 0.25) is 5.02 Å². The number of carbonyl (C=O) groups excluding carboxylic acids is 1. The van der Waals surface area contributed by atoms with Gasteiger partial charge in [-0.3, -0.25) is 9.69 Å². The number of hydrogen-bond acceptors (Lipinski definition) is 7. The summed E-state index contributed by atoms with van der Waals surface area (Å²) in [6, 6.07) is 18.9. The molecule has 1 saturated heterocycles. The lowest BCUT2D eigenvalue weighted by atomic mass is 10.1. The lowest BCUT2D eigenvalue weighted by Crippen LogP contribution is -2.43. The van der Waals surface area contributed by atoms with Gasteiger partial charge in [-0.05, 0) is 86.1 Å². The van der Waals surface area contributed by atoms with E-state index in [4.69, 9.17) is 21.3 Å². The van der Waals surface area contributed by atoms with Crippen LogP contribution in [-0.4, -0.2) is 68.5 Å². The van der Waals surface area contributed by atoms with Crippen LogP contribution in [0.15, 0.2) is 67.0 Å². The second kappa shape index (κ2) is 12.1. The highest BCUT2D eigenvalue weighted by Crippen LogP contribution is 2.31. The largest absolute Gasteiger partial charge is 0.437 e. The van der Waals surface area contributed by atoms with Gasteiger partial charge in [0.1, 0.15) is 5.75 Å². The minimum Gasteiger partial charge on any atom is -0.437 e. The molecular formula is C33H34ClN7O2. The van der Waals surface area contributed by atoms with Crippen molar-refractivity contribution < 1.29 is 9.53 Å². The molecule has 0 unspecified atom stereocenters. The summed E-state index contributed by atoms with van der Waals surface area (Å²) in [5.41, 5.74) is 6.50. The Bertz CT molecular complexity index is 1790. The number of anilines is 1. The Morgan fingerprint density at radius 1 is 0.930 bits per heavy atom. The van der Waals surface area contributed by atoms with Crippen molar-refractivity contribution in [1.29, 1.82) is 0 Å². The molecule has 220 valence electrons. The number of halogens is 1. The van der Waals surface area contributed by atoms with E-state index in [0.29, 0.717) is 39.2 Å². The quantitative estimate of drug-likeness (QED) is 0.243. The molecule has 9 nitrogen and oxygen atoms in total. The van der Waals surface area contributed by atoms with Crippen molar-refractivity contribution >= 4 is 34.4 Å². The molecule has 0 bridgehead atoms. The van der Waals surface area contributed by atoms with Gasteiger partial charge >= 0.3 is 0 Å². The maximum Gasteiger partial charge on any atom is 0.256 e. The number of carbonyl (C=O) groups is 1. The Balaban J connectivity index is 1.22. The first-order chi connectivity index (χ1) is 20.7. The fourth-order valence-electron chi connectivity index (χ4n) is 5.20. The van der Waals surface area contributed by atoms with Crippen LogP contribution < -0.4 is 10.1 Å². The number of piperazine rings is 1. The number of fused-ring (bicyclic) bond motifs is 1. The zero-order valence-corrected chi connectivity index (χ0v) is 25.5. The number of nitrogens with one attached hydrogen (secondary N) is 1. The molecule has 3 heterocycles. The van der Waals surface area contributed by atoms with Gasteiger partial charge in [0, 0.05) is 61.6 Å². The number of ether oxygens (including phenoxy) is 1. The lowest BCUT2D eigenvalue weighted by molar-refractivity contribution is 0.102. The van der Waals surface area contributed by atoms with Gasteiger partial charge in [-0.25, -0.2) is 9.97 Å². The molecule has 43 heavy (non-hydrogen) atoms. The van der Waals surface area contributed by atoms with Crippen molar-refractivity contribution in [3.63, 3.8) is 0 Å². The van der Waals surface area contributed by atoms with E-state index in [1.54, 1.807) is 24.5 Å². The number of imidazole rings is 1. The van der Waals surface area contributed by atoms with Crippen LogP contribution in [-0.2, 0) is 13.6 Å². The molecule has 1 fully saturated rings. The SMILES string of the molecule is Cc1cc(NC(=O)c2cc(Oc3nc(-c4ccc(Cl)cc4)nc4c3ncn4C)ccc2C)ccc1CN1CCN(C)CC1. The molecule has 0 spiro atoms. The Kier molecular flexibility index (Phi) is 8.12. The van der Waals surface area contributed by atoms with Crippen molar-refractivity contribution in [2.45, 2.75) is 20.4 Å². The maximum absolute atomic E-state index is 13.4. The molecule has 1 aliphatic rings. The second-order valence-corrected chi connectivity index (χ2v) is 11.6. The van der Waals surface area contributed by atoms with E-state index >= 15 is 0 Å². The molecule has 0 aliphatic carbocycles.